The Balaban J connectivity index is 1.83. The molecule has 0 saturated carbocycles. The van der Waals surface area contributed by atoms with E-state index in [0.717, 1.165) is 5.56 Å². The molecule has 1 N–H and O–H groups in total. The zero-order valence-electron chi connectivity index (χ0n) is 16.8. The Morgan fingerprint density at radius 2 is 1.03 bits per heavy atom. The van der Waals surface area contributed by atoms with Gasteiger partial charge in [0.2, 0.25) is 0 Å². The van der Waals surface area contributed by atoms with Crippen molar-refractivity contribution in [2.24, 2.45) is 0 Å². The van der Waals surface area contributed by atoms with Gasteiger partial charge >= 0.3 is 0 Å². The van der Waals surface area contributed by atoms with E-state index >= 15 is 0 Å². The summed E-state index contributed by atoms with van der Waals surface area (Å²) < 4.78 is 0. The first kappa shape index (κ1) is 16.7. The van der Waals surface area contributed by atoms with Gasteiger partial charge in [-0.05, 0) is 89.3 Å². The maximum atomic E-state index is 9.81. The Labute approximate surface area is 179 Å². The molecule has 7 rings (SSSR count). The molecule has 0 aliphatic rings. The lowest BCUT2D eigenvalue weighted by Crippen LogP contribution is -1.91. The normalized spacial score (nSPS) is 12.0. The van der Waals surface area contributed by atoms with Crippen LogP contribution in [0.5, 0.6) is 5.75 Å². The van der Waals surface area contributed by atoms with E-state index in [1.165, 1.54) is 59.4 Å². The molecule has 0 heterocycles. The fraction of sp³-hybridized carbons (Fsp3) is 0. The molecule has 0 unspecified atom stereocenters. The predicted molar refractivity (Wildman–Crippen MR) is 132 cm³/mol. The molecule has 1 nitrogen and oxygen atoms in total. The molecular weight excluding hydrogens is 376 g/mol. The molecule has 0 aliphatic heterocycles. The molecule has 0 atom stereocenters. The van der Waals surface area contributed by atoms with E-state index in [1.807, 2.05) is 12.1 Å². The van der Waals surface area contributed by atoms with Crippen LogP contribution in [0.4, 0.5) is 0 Å². The minimum atomic E-state index is 0.290. The summed E-state index contributed by atoms with van der Waals surface area (Å²) in [4.78, 5) is 0. The van der Waals surface area contributed by atoms with Gasteiger partial charge in [0.1, 0.15) is 5.75 Å². The summed E-state index contributed by atoms with van der Waals surface area (Å²) in [5, 5.41) is 22.8. The van der Waals surface area contributed by atoms with Gasteiger partial charge in [0.25, 0.3) is 0 Å². The van der Waals surface area contributed by atoms with Crippen molar-refractivity contribution >= 4 is 53.9 Å². The van der Waals surface area contributed by atoms with Gasteiger partial charge in [-0.15, -0.1) is 0 Å². The summed E-state index contributed by atoms with van der Waals surface area (Å²) in [6.07, 6.45) is 0. The van der Waals surface area contributed by atoms with Crippen molar-refractivity contribution in [2.75, 3.05) is 0 Å². The molecular formula is C30H18O. The lowest BCUT2D eigenvalue weighted by Gasteiger charge is -2.19. The van der Waals surface area contributed by atoms with Gasteiger partial charge in [-0.3, -0.25) is 0 Å². The van der Waals surface area contributed by atoms with Crippen molar-refractivity contribution in [1.29, 1.82) is 0 Å². The van der Waals surface area contributed by atoms with Crippen molar-refractivity contribution in [2.45, 2.75) is 0 Å². The van der Waals surface area contributed by atoms with Crippen LogP contribution in [-0.2, 0) is 0 Å². The number of hydrogen-bond donors (Lipinski definition) is 1. The van der Waals surface area contributed by atoms with Crippen LogP contribution in [0.1, 0.15) is 0 Å². The Morgan fingerprint density at radius 1 is 0.419 bits per heavy atom. The Morgan fingerprint density at radius 3 is 1.84 bits per heavy atom. The summed E-state index contributed by atoms with van der Waals surface area (Å²) in [6.45, 7) is 0. The first-order valence-corrected chi connectivity index (χ1v) is 10.6. The van der Waals surface area contributed by atoms with Gasteiger partial charge in [-0.1, -0.05) is 78.9 Å². The molecule has 0 saturated heterocycles. The maximum Gasteiger partial charge on any atom is 0.115 e. The van der Waals surface area contributed by atoms with Crippen LogP contribution in [0.25, 0.3) is 65.0 Å². The second-order valence-corrected chi connectivity index (χ2v) is 8.32. The molecule has 1 heteroatoms. The predicted octanol–water partition coefficient (Wildman–Crippen LogP) is 8.26. The third kappa shape index (κ3) is 2.21. The standard InChI is InChI=1S/C30H18O/c31-21-14-12-18(13-15-21)27-17-20-16-19-6-1-2-7-22(19)29-24-9-4-3-8-23(24)25-10-5-11-26(27)30(25)28(20)29/h1-17,31H. The summed E-state index contributed by atoms with van der Waals surface area (Å²) in [5.41, 5.74) is 2.32. The molecule has 7 aromatic rings. The quantitative estimate of drug-likeness (QED) is 0.219. The first-order valence-electron chi connectivity index (χ1n) is 10.6. The minimum absolute atomic E-state index is 0.290. The number of benzene rings is 7. The van der Waals surface area contributed by atoms with Crippen LogP contribution in [0.3, 0.4) is 0 Å². The molecule has 0 aliphatic carbocycles. The molecule has 0 spiro atoms. The second-order valence-electron chi connectivity index (χ2n) is 8.32. The van der Waals surface area contributed by atoms with E-state index in [1.54, 1.807) is 12.1 Å². The Kier molecular flexibility index (Phi) is 3.21. The van der Waals surface area contributed by atoms with E-state index in [0.29, 0.717) is 0 Å². The molecule has 144 valence electrons. The van der Waals surface area contributed by atoms with E-state index in [9.17, 15) is 5.11 Å². The fourth-order valence-electron chi connectivity index (χ4n) is 5.35. The zero-order valence-corrected chi connectivity index (χ0v) is 16.8. The van der Waals surface area contributed by atoms with Crippen LogP contribution in [-0.4, -0.2) is 5.11 Å². The number of phenolic OH excluding ortho intramolecular Hbond substituents is 1. The largest absolute Gasteiger partial charge is 0.508 e. The molecule has 0 radical (unpaired) electrons. The average Bonchev–Trinajstić information content (AvgIpc) is 2.82. The monoisotopic (exact) mass is 394 g/mol. The number of aromatic hydroxyl groups is 1. The third-order valence-electron chi connectivity index (χ3n) is 6.65. The number of fused-ring (bicyclic) bond motifs is 5. The summed E-state index contributed by atoms with van der Waals surface area (Å²) in [5.74, 6) is 0.290. The highest BCUT2D eigenvalue weighted by Crippen LogP contribution is 2.46. The first-order chi connectivity index (χ1) is 15.3. The van der Waals surface area contributed by atoms with Gasteiger partial charge in [0.05, 0.1) is 0 Å². The highest BCUT2D eigenvalue weighted by Gasteiger charge is 2.18. The fourth-order valence-corrected chi connectivity index (χ4v) is 5.35. The van der Waals surface area contributed by atoms with Gasteiger partial charge < -0.3 is 5.11 Å². The van der Waals surface area contributed by atoms with E-state index in [4.69, 9.17) is 0 Å². The van der Waals surface area contributed by atoms with Gasteiger partial charge in [-0.25, -0.2) is 0 Å². The number of rotatable bonds is 1. The maximum absolute atomic E-state index is 9.81. The number of hydrogen-bond acceptors (Lipinski definition) is 1. The highest BCUT2D eigenvalue weighted by molar-refractivity contribution is 6.39. The summed E-state index contributed by atoms with van der Waals surface area (Å²) in [6, 6.07) is 36.3. The molecule has 31 heavy (non-hydrogen) atoms. The van der Waals surface area contributed by atoms with Crippen molar-refractivity contribution in [1.82, 2.24) is 0 Å². The molecule has 0 fully saturated rings. The Bertz CT molecular complexity index is 1780. The Hall–Kier alpha value is -4.10. The second kappa shape index (κ2) is 5.96. The third-order valence-corrected chi connectivity index (χ3v) is 6.65. The van der Waals surface area contributed by atoms with Crippen molar-refractivity contribution in [3.8, 4) is 16.9 Å². The van der Waals surface area contributed by atoms with Gasteiger partial charge in [0, 0.05) is 0 Å². The number of phenols is 1. The van der Waals surface area contributed by atoms with Crippen LogP contribution in [0.2, 0.25) is 0 Å². The smallest absolute Gasteiger partial charge is 0.115 e. The highest BCUT2D eigenvalue weighted by atomic mass is 16.3. The topological polar surface area (TPSA) is 20.2 Å². The van der Waals surface area contributed by atoms with Gasteiger partial charge in [0.15, 0.2) is 0 Å². The van der Waals surface area contributed by atoms with E-state index in [-0.39, 0.29) is 5.75 Å². The average molecular weight is 394 g/mol. The molecule has 0 bridgehead atoms. The SMILES string of the molecule is Oc1ccc(-c2cc3cc4ccccc4c4c5ccccc5c5cccc2c5c34)cc1. The van der Waals surface area contributed by atoms with Crippen LogP contribution in [0.15, 0.2) is 103 Å². The van der Waals surface area contributed by atoms with Crippen LogP contribution in [0, 0.1) is 0 Å². The summed E-state index contributed by atoms with van der Waals surface area (Å²) in [7, 11) is 0. The lowest BCUT2D eigenvalue weighted by molar-refractivity contribution is 0.475. The van der Waals surface area contributed by atoms with Gasteiger partial charge in [-0.2, -0.15) is 0 Å². The molecule has 7 aromatic carbocycles. The van der Waals surface area contributed by atoms with Crippen LogP contribution >= 0.6 is 0 Å². The molecule has 0 aromatic heterocycles. The van der Waals surface area contributed by atoms with E-state index < -0.39 is 0 Å². The molecule has 0 amide bonds. The van der Waals surface area contributed by atoms with Crippen molar-refractivity contribution < 1.29 is 5.11 Å². The zero-order chi connectivity index (χ0) is 20.5. The van der Waals surface area contributed by atoms with Crippen molar-refractivity contribution in [3.05, 3.63) is 103 Å². The van der Waals surface area contributed by atoms with E-state index in [2.05, 4.69) is 78.9 Å². The lowest BCUT2D eigenvalue weighted by atomic mass is 9.84. The van der Waals surface area contributed by atoms with Crippen molar-refractivity contribution in [3.63, 3.8) is 0 Å². The van der Waals surface area contributed by atoms with Crippen LogP contribution < -0.4 is 0 Å². The summed E-state index contributed by atoms with van der Waals surface area (Å²) >= 11 is 0. The minimum Gasteiger partial charge on any atom is -0.508 e.